The van der Waals surface area contributed by atoms with Crippen LogP contribution in [0.25, 0.3) is 0 Å². The van der Waals surface area contributed by atoms with E-state index in [2.05, 4.69) is 5.32 Å². The van der Waals surface area contributed by atoms with Crippen LogP contribution in [0, 0.1) is 0 Å². The van der Waals surface area contributed by atoms with Crippen LogP contribution < -0.4 is 14.8 Å². The van der Waals surface area contributed by atoms with Crippen LogP contribution >= 0.6 is 0 Å². The van der Waals surface area contributed by atoms with Crippen molar-refractivity contribution in [3.8, 4) is 11.5 Å². The van der Waals surface area contributed by atoms with Gasteiger partial charge in [-0.15, -0.1) is 0 Å². The van der Waals surface area contributed by atoms with Crippen molar-refractivity contribution in [3.63, 3.8) is 0 Å². The van der Waals surface area contributed by atoms with E-state index in [0.29, 0.717) is 17.1 Å². The number of hydrogen-bond acceptors (Lipinski definition) is 7. The van der Waals surface area contributed by atoms with Gasteiger partial charge in [0.1, 0.15) is 24.1 Å². The Labute approximate surface area is 179 Å². The largest absolute Gasteiger partial charge is 0.497 e. The molecule has 9 heteroatoms. The highest BCUT2D eigenvalue weighted by Crippen LogP contribution is 2.30. The molecule has 2 amide bonds. The second kappa shape index (κ2) is 9.84. The van der Waals surface area contributed by atoms with Crippen molar-refractivity contribution in [1.29, 1.82) is 0 Å². The molecular formula is C22H24N2O7. The molecule has 3 rings (SSSR count). The molecule has 2 aromatic rings. The molecule has 0 spiro atoms. The quantitative estimate of drug-likeness (QED) is 0.506. The number of esters is 1. The minimum absolute atomic E-state index is 0.0449. The number of β-lactam (4-membered cyclic amide) rings is 1. The van der Waals surface area contributed by atoms with E-state index in [1.54, 1.807) is 18.2 Å². The van der Waals surface area contributed by atoms with Gasteiger partial charge in [0, 0.05) is 11.6 Å². The van der Waals surface area contributed by atoms with Crippen molar-refractivity contribution in [2.45, 2.75) is 25.2 Å². The zero-order valence-corrected chi connectivity index (χ0v) is 17.5. The van der Waals surface area contributed by atoms with Crippen molar-refractivity contribution >= 4 is 18.0 Å². The topological polar surface area (TPSA) is 103 Å². The Kier molecular flexibility index (Phi) is 6.96. The van der Waals surface area contributed by atoms with E-state index in [-0.39, 0.29) is 13.2 Å². The number of methoxy groups -OCH3 is 3. The van der Waals surface area contributed by atoms with E-state index < -0.39 is 30.1 Å². The lowest BCUT2D eigenvalue weighted by Gasteiger charge is -2.45. The Balaban J connectivity index is 1.67. The minimum Gasteiger partial charge on any atom is -0.497 e. The van der Waals surface area contributed by atoms with Gasteiger partial charge < -0.3 is 29.2 Å². The summed E-state index contributed by atoms with van der Waals surface area (Å²) < 4.78 is 20.5. The summed E-state index contributed by atoms with van der Waals surface area (Å²) in [5.41, 5.74) is 1.48. The first-order chi connectivity index (χ1) is 15.0. The molecule has 0 aliphatic carbocycles. The SMILES string of the molecule is COC(=O)[C@@H]1[C@@H](NC(=O)OCc2ccccc2)C(=O)N1Cc1ccc(OC)cc1OC. The minimum atomic E-state index is -1.07. The van der Waals surface area contributed by atoms with Gasteiger partial charge in [-0.05, 0) is 17.7 Å². The maximum Gasteiger partial charge on any atom is 0.408 e. The van der Waals surface area contributed by atoms with Crippen molar-refractivity contribution in [2.75, 3.05) is 21.3 Å². The third kappa shape index (κ3) is 4.88. The zero-order chi connectivity index (χ0) is 22.4. The summed E-state index contributed by atoms with van der Waals surface area (Å²) >= 11 is 0. The van der Waals surface area contributed by atoms with Crippen LogP contribution in [0.15, 0.2) is 48.5 Å². The number of nitrogens with zero attached hydrogens (tertiary/aromatic N) is 1. The molecule has 1 aliphatic rings. The van der Waals surface area contributed by atoms with Crippen molar-refractivity contribution in [3.05, 3.63) is 59.7 Å². The average molecular weight is 428 g/mol. The molecule has 0 unspecified atom stereocenters. The molecule has 164 valence electrons. The molecule has 0 saturated carbocycles. The maximum absolute atomic E-state index is 12.7. The summed E-state index contributed by atoms with van der Waals surface area (Å²) in [5.74, 6) is 0.0422. The number of likely N-dealkylation sites (tertiary alicyclic amines) is 1. The second-order valence-corrected chi connectivity index (χ2v) is 6.80. The van der Waals surface area contributed by atoms with Crippen molar-refractivity contribution in [2.24, 2.45) is 0 Å². The van der Waals surface area contributed by atoms with Crippen LogP contribution in [0.5, 0.6) is 11.5 Å². The molecule has 1 N–H and O–H groups in total. The number of ether oxygens (including phenoxy) is 4. The molecule has 1 fully saturated rings. The molecular weight excluding hydrogens is 404 g/mol. The molecule has 0 aromatic heterocycles. The predicted octanol–water partition coefficient (Wildman–Crippen LogP) is 1.88. The van der Waals surface area contributed by atoms with Crippen LogP contribution in [0.3, 0.4) is 0 Å². The number of rotatable bonds is 8. The average Bonchev–Trinajstić information content (AvgIpc) is 2.81. The van der Waals surface area contributed by atoms with Gasteiger partial charge in [0.15, 0.2) is 6.04 Å². The van der Waals surface area contributed by atoms with Crippen LogP contribution in [0.4, 0.5) is 4.79 Å². The summed E-state index contributed by atoms with van der Waals surface area (Å²) in [7, 11) is 4.26. The van der Waals surface area contributed by atoms with Crippen molar-refractivity contribution in [1.82, 2.24) is 10.2 Å². The molecule has 1 aliphatic heterocycles. The molecule has 9 nitrogen and oxygen atoms in total. The van der Waals surface area contributed by atoms with E-state index in [1.165, 1.54) is 26.2 Å². The normalized spacial score (nSPS) is 17.4. The molecule has 1 heterocycles. The lowest BCUT2D eigenvalue weighted by molar-refractivity contribution is -0.169. The lowest BCUT2D eigenvalue weighted by atomic mass is 9.94. The van der Waals surface area contributed by atoms with Gasteiger partial charge in [0.2, 0.25) is 5.91 Å². The summed E-state index contributed by atoms with van der Waals surface area (Å²) in [6.07, 6.45) is -0.794. The van der Waals surface area contributed by atoms with Gasteiger partial charge in [-0.25, -0.2) is 9.59 Å². The molecule has 2 aromatic carbocycles. The van der Waals surface area contributed by atoms with E-state index in [1.807, 2.05) is 30.3 Å². The summed E-state index contributed by atoms with van der Waals surface area (Å²) in [6.45, 7) is 0.145. The van der Waals surface area contributed by atoms with E-state index in [0.717, 1.165) is 5.56 Å². The monoisotopic (exact) mass is 428 g/mol. The Morgan fingerprint density at radius 3 is 2.42 bits per heavy atom. The van der Waals surface area contributed by atoms with E-state index in [9.17, 15) is 14.4 Å². The third-order valence-electron chi connectivity index (χ3n) is 4.96. The van der Waals surface area contributed by atoms with Crippen LogP contribution in [-0.4, -0.2) is 56.3 Å². The Hall–Kier alpha value is -3.75. The Morgan fingerprint density at radius 1 is 1.03 bits per heavy atom. The number of nitrogens with one attached hydrogen (secondary N) is 1. The highest BCUT2D eigenvalue weighted by Gasteiger charge is 2.53. The zero-order valence-electron chi connectivity index (χ0n) is 17.5. The fourth-order valence-corrected chi connectivity index (χ4v) is 3.31. The van der Waals surface area contributed by atoms with Gasteiger partial charge in [-0.3, -0.25) is 4.79 Å². The van der Waals surface area contributed by atoms with Gasteiger partial charge in [0.05, 0.1) is 27.9 Å². The fraction of sp³-hybridized carbons (Fsp3) is 0.318. The highest BCUT2D eigenvalue weighted by atomic mass is 16.5. The first kappa shape index (κ1) is 21.9. The fourth-order valence-electron chi connectivity index (χ4n) is 3.31. The standard InChI is InChI=1S/C22H24N2O7/c1-28-16-10-9-15(17(11-16)29-2)12-24-19(21(26)30-3)18(20(24)25)23-22(27)31-13-14-7-5-4-6-8-14/h4-11,18-19H,12-13H2,1-3H3,(H,23,27)/t18-,19+/m1/s1. The first-order valence-electron chi connectivity index (χ1n) is 9.55. The van der Waals surface area contributed by atoms with Gasteiger partial charge in [0.25, 0.3) is 0 Å². The van der Waals surface area contributed by atoms with Gasteiger partial charge in [-0.2, -0.15) is 0 Å². The van der Waals surface area contributed by atoms with Crippen LogP contribution in [0.1, 0.15) is 11.1 Å². The van der Waals surface area contributed by atoms with Gasteiger partial charge >= 0.3 is 12.1 Å². The number of carbonyl (C=O) groups excluding carboxylic acids is 3. The first-order valence-corrected chi connectivity index (χ1v) is 9.55. The molecule has 31 heavy (non-hydrogen) atoms. The highest BCUT2D eigenvalue weighted by molar-refractivity contribution is 6.01. The number of carbonyl (C=O) groups is 3. The summed E-state index contributed by atoms with van der Waals surface area (Å²) in [5, 5.41) is 2.46. The van der Waals surface area contributed by atoms with Crippen LogP contribution in [0.2, 0.25) is 0 Å². The molecule has 0 radical (unpaired) electrons. The van der Waals surface area contributed by atoms with Crippen molar-refractivity contribution < 1.29 is 33.3 Å². The number of hydrogen-bond donors (Lipinski definition) is 1. The van der Waals surface area contributed by atoms with Crippen LogP contribution in [-0.2, 0) is 32.2 Å². The molecule has 2 atom stereocenters. The molecule has 1 saturated heterocycles. The number of amides is 2. The van der Waals surface area contributed by atoms with Gasteiger partial charge in [-0.1, -0.05) is 30.3 Å². The Morgan fingerprint density at radius 2 is 1.77 bits per heavy atom. The summed E-state index contributed by atoms with van der Waals surface area (Å²) in [6, 6.07) is 12.2. The van der Waals surface area contributed by atoms with E-state index in [4.69, 9.17) is 18.9 Å². The Bertz CT molecular complexity index is 948. The maximum atomic E-state index is 12.7. The molecule has 0 bridgehead atoms. The third-order valence-corrected chi connectivity index (χ3v) is 4.96. The smallest absolute Gasteiger partial charge is 0.408 e. The van der Waals surface area contributed by atoms with E-state index >= 15 is 0 Å². The summed E-state index contributed by atoms with van der Waals surface area (Å²) in [4.78, 5) is 38.5. The second-order valence-electron chi connectivity index (χ2n) is 6.80. The lowest BCUT2D eigenvalue weighted by Crippen LogP contribution is -2.73. The predicted molar refractivity (Wildman–Crippen MR) is 109 cm³/mol. The number of alkyl carbamates (subject to hydrolysis) is 1. The number of benzene rings is 2.